The van der Waals surface area contributed by atoms with Crippen LogP contribution in [0.25, 0.3) is 0 Å². The summed E-state index contributed by atoms with van der Waals surface area (Å²) in [5.74, 6) is -0.238. The van der Waals surface area contributed by atoms with Gasteiger partial charge in [-0.3, -0.25) is 9.59 Å². The van der Waals surface area contributed by atoms with Crippen LogP contribution in [-0.4, -0.2) is 38.1 Å². The van der Waals surface area contributed by atoms with E-state index < -0.39 is 0 Å². The lowest BCUT2D eigenvalue weighted by molar-refractivity contribution is -0.140. The number of hydrogen-bond acceptors (Lipinski definition) is 4. The first-order valence-corrected chi connectivity index (χ1v) is 6.79. The number of carbonyl (C=O) groups excluding carboxylic acids is 2. The van der Waals surface area contributed by atoms with Gasteiger partial charge in [-0.2, -0.15) is 0 Å². The van der Waals surface area contributed by atoms with Crippen LogP contribution in [0.4, 0.5) is 0 Å². The molecule has 104 valence electrons. The molecule has 0 radical (unpaired) electrons. The van der Waals surface area contributed by atoms with Gasteiger partial charge < -0.3 is 15.4 Å². The molecule has 0 saturated heterocycles. The molecule has 1 rings (SSSR count). The number of esters is 1. The number of carbonyl (C=O) groups is 2. The Bertz CT molecular complexity index is 261. The molecule has 0 bridgehead atoms. The number of amides is 1. The van der Waals surface area contributed by atoms with Crippen molar-refractivity contribution >= 4 is 11.9 Å². The summed E-state index contributed by atoms with van der Waals surface area (Å²) in [6.45, 7) is 0.748. The lowest BCUT2D eigenvalue weighted by atomic mass is 10.1. The van der Waals surface area contributed by atoms with E-state index in [1.807, 2.05) is 0 Å². The molecule has 0 aromatic carbocycles. The molecule has 5 heteroatoms. The first kappa shape index (κ1) is 15.0. The molecule has 0 spiro atoms. The van der Waals surface area contributed by atoms with Crippen molar-refractivity contribution in [2.75, 3.05) is 20.2 Å². The van der Waals surface area contributed by atoms with Gasteiger partial charge >= 0.3 is 5.97 Å². The standard InChI is InChI=1S/C13H24N2O3/c1-18-13(17)8-9-14-10-12(16)15-11-6-4-2-3-5-7-11/h11,14H,2-10H2,1H3,(H,15,16). The van der Waals surface area contributed by atoms with Crippen LogP contribution in [0, 0.1) is 0 Å². The van der Waals surface area contributed by atoms with Crippen molar-refractivity contribution < 1.29 is 14.3 Å². The monoisotopic (exact) mass is 256 g/mol. The zero-order valence-corrected chi connectivity index (χ0v) is 11.2. The van der Waals surface area contributed by atoms with Gasteiger partial charge in [-0.15, -0.1) is 0 Å². The van der Waals surface area contributed by atoms with E-state index in [4.69, 9.17) is 0 Å². The maximum Gasteiger partial charge on any atom is 0.306 e. The SMILES string of the molecule is COC(=O)CCNCC(=O)NC1CCCCCC1. The molecular weight excluding hydrogens is 232 g/mol. The summed E-state index contributed by atoms with van der Waals surface area (Å²) in [5, 5.41) is 5.99. The second-order valence-electron chi connectivity index (χ2n) is 4.76. The molecule has 1 aliphatic carbocycles. The molecule has 2 N–H and O–H groups in total. The van der Waals surface area contributed by atoms with Gasteiger partial charge in [0.2, 0.25) is 5.91 Å². The molecule has 0 unspecified atom stereocenters. The number of methoxy groups -OCH3 is 1. The van der Waals surface area contributed by atoms with Crippen LogP contribution in [0.2, 0.25) is 0 Å². The third kappa shape index (κ3) is 6.59. The average molecular weight is 256 g/mol. The van der Waals surface area contributed by atoms with Gasteiger partial charge in [-0.1, -0.05) is 25.7 Å². The van der Waals surface area contributed by atoms with Gasteiger partial charge in [0, 0.05) is 12.6 Å². The minimum atomic E-state index is -0.258. The van der Waals surface area contributed by atoms with E-state index in [0.29, 0.717) is 19.0 Å². The molecule has 1 saturated carbocycles. The van der Waals surface area contributed by atoms with Gasteiger partial charge in [0.1, 0.15) is 0 Å². The molecule has 0 aliphatic heterocycles. The molecule has 1 aliphatic rings. The fourth-order valence-electron chi connectivity index (χ4n) is 2.20. The van der Waals surface area contributed by atoms with E-state index in [1.54, 1.807) is 0 Å². The topological polar surface area (TPSA) is 67.4 Å². The van der Waals surface area contributed by atoms with Crippen molar-refractivity contribution in [2.45, 2.75) is 51.0 Å². The van der Waals surface area contributed by atoms with Crippen LogP contribution in [0.5, 0.6) is 0 Å². The van der Waals surface area contributed by atoms with Crippen LogP contribution in [0.15, 0.2) is 0 Å². The molecule has 0 heterocycles. The van der Waals surface area contributed by atoms with Gasteiger partial charge in [0.25, 0.3) is 0 Å². The van der Waals surface area contributed by atoms with Crippen molar-refractivity contribution in [3.05, 3.63) is 0 Å². The Balaban J connectivity index is 2.07. The third-order valence-corrected chi connectivity index (χ3v) is 3.24. The average Bonchev–Trinajstić information content (AvgIpc) is 2.63. The Kier molecular flexibility index (Phi) is 7.41. The minimum absolute atomic E-state index is 0.0202. The smallest absolute Gasteiger partial charge is 0.306 e. The molecule has 5 nitrogen and oxygen atoms in total. The normalized spacial score (nSPS) is 16.9. The highest BCUT2D eigenvalue weighted by atomic mass is 16.5. The number of rotatable bonds is 6. The second-order valence-corrected chi connectivity index (χ2v) is 4.76. The van der Waals surface area contributed by atoms with Crippen molar-refractivity contribution in [1.82, 2.24) is 10.6 Å². The molecular formula is C13H24N2O3. The number of nitrogens with one attached hydrogen (secondary N) is 2. The predicted molar refractivity (Wildman–Crippen MR) is 69.1 cm³/mol. The first-order chi connectivity index (χ1) is 8.72. The quantitative estimate of drug-likeness (QED) is 0.422. The predicted octanol–water partition coefficient (Wildman–Crippen LogP) is 0.978. The van der Waals surface area contributed by atoms with Gasteiger partial charge in [0.15, 0.2) is 0 Å². The number of ether oxygens (including phenoxy) is 1. The maximum absolute atomic E-state index is 11.6. The van der Waals surface area contributed by atoms with Crippen LogP contribution in [0.3, 0.4) is 0 Å². The summed E-state index contributed by atoms with van der Waals surface area (Å²) in [6.07, 6.45) is 7.46. The summed E-state index contributed by atoms with van der Waals surface area (Å²) in [5.41, 5.74) is 0. The van der Waals surface area contributed by atoms with Crippen LogP contribution in [-0.2, 0) is 14.3 Å². The van der Waals surface area contributed by atoms with E-state index >= 15 is 0 Å². The zero-order valence-electron chi connectivity index (χ0n) is 11.2. The third-order valence-electron chi connectivity index (χ3n) is 3.24. The molecule has 0 aromatic heterocycles. The Morgan fingerprint density at radius 1 is 1.17 bits per heavy atom. The summed E-state index contributed by atoms with van der Waals surface area (Å²) >= 11 is 0. The van der Waals surface area contributed by atoms with Crippen molar-refractivity contribution in [1.29, 1.82) is 0 Å². The summed E-state index contributed by atoms with van der Waals surface area (Å²) < 4.78 is 4.51. The maximum atomic E-state index is 11.6. The van der Waals surface area contributed by atoms with Gasteiger partial charge in [0.05, 0.1) is 20.1 Å². The van der Waals surface area contributed by atoms with E-state index in [1.165, 1.54) is 32.8 Å². The highest BCUT2D eigenvalue weighted by Gasteiger charge is 2.14. The lowest BCUT2D eigenvalue weighted by Crippen LogP contribution is -2.40. The van der Waals surface area contributed by atoms with E-state index in [2.05, 4.69) is 15.4 Å². The van der Waals surface area contributed by atoms with Crippen LogP contribution >= 0.6 is 0 Å². The van der Waals surface area contributed by atoms with Gasteiger partial charge in [-0.05, 0) is 12.8 Å². The lowest BCUT2D eigenvalue weighted by Gasteiger charge is -2.16. The Morgan fingerprint density at radius 3 is 2.44 bits per heavy atom. The highest BCUT2D eigenvalue weighted by molar-refractivity contribution is 5.78. The molecule has 18 heavy (non-hydrogen) atoms. The summed E-state index contributed by atoms with van der Waals surface area (Å²) in [7, 11) is 1.36. The highest BCUT2D eigenvalue weighted by Crippen LogP contribution is 2.16. The Morgan fingerprint density at radius 2 is 1.83 bits per heavy atom. The molecule has 1 amide bonds. The largest absolute Gasteiger partial charge is 0.469 e. The van der Waals surface area contributed by atoms with Crippen LogP contribution in [0.1, 0.15) is 44.9 Å². The van der Waals surface area contributed by atoms with Crippen molar-refractivity contribution in [2.24, 2.45) is 0 Å². The van der Waals surface area contributed by atoms with Crippen LogP contribution < -0.4 is 10.6 Å². The van der Waals surface area contributed by atoms with E-state index in [9.17, 15) is 9.59 Å². The first-order valence-electron chi connectivity index (χ1n) is 6.79. The van der Waals surface area contributed by atoms with E-state index in [0.717, 1.165) is 12.8 Å². The zero-order chi connectivity index (χ0) is 13.2. The fraction of sp³-hybridized carbons (Fsp3) is 0.846. The van der Waals surface area contributed by atoms with E-state index in [-0.39, 0.29) is 18.4 Å². The molecule has 0 aromatic rings. The Hall–Kier alpha value is -1.10. The van der Waals surface area contributed by atoms with Crippen molar-refractivity contribution in [3.63, 3.8) is 0 Å². The Labute approximate surface area is 109 Å². The summed E-state index contributed by atoms with van der Waals surface area (Å²) in [4.78, 5) is 22.5. The van der Waals surface area contributed by atoms with Gasteiger partial charge in [-0.25, -0.2) is 0 Å². The van der Waals surface area contributed by atoms with Crippen molar-refractivity contribution in [3.8, 4) is 0 Å². The fourth-order valence-corrected chi connectivity index (χ4v) is 2.20. The summed E-state index contributed by atoms with van der Waals surface area (Å²) in [6, 6.07) is 0.336. The minimum Gasteiger partial charge on any atom is -0.469 e. The molecule has 1 fully saturated rings. The number of hydrogen-bond donors (Lipinski definition) is 2. The second kappa shape index (κ2) is 8.91. The molecule has 0 atom stereocenters.